The first-order valence-electron chi connectivity index (χ1n) is 8.43. The highest BCUT2D eigenvalue weighted by Crippen LogP contribution is 2.49. The maximum Gasteiger partial charge on any atom is 0.156 e. The van der Waals surface area contributed by atoms with Crippen LogP contribution < -0.4 is 0 Å². The number of hydrogen-bond donors (Lipinski definition) is 0. The molecule has 1 rings (SSSR count). The maximum absolute atomic E-state index is 13.2. The number of piperidine rings is 1. The summed E-state index contributed by atoms with van der Waals surface area (Å²) in [7, 11) is 2.19. The van der Waals surface area contributed by atoms with E-state index in [0.717, 1.165) is 32.1 Å². The van der Waals surface area contributed by atoms with E-state index in [1.54, 1.807) is 0 Å². The molecular formula is C18H35NO. The highest BCUT2D eigenvalue weighted by molar-refractivity contribution is 5.92. The molecule has 1 heterocycles. The zero-order chi connectivity index (χ0) is 15.8. The van der Waals surface area contributed by atoms with Gasteiger partial charge in [0.25, 0.3) is 0 Å². The highest BCUT2D eigenvalue weighted by Gasteiger charge is 2.56. The topological polar surface area (TPSA) is 20.3 Å². The third-order valence-electron chi connectivity index (χ3n) is 6.24. The Morgan fingerprint density at radius 3 is 1.80 bits per heavy atom. The second-order valence-corrected chi connectivity index (χ2v) is 7.72. The van der Waals surface area contributed by atoms with Crippen LogP contribution in [0.15, 0.2) is 0 Å². The summed E-state index contributed by atoms with van der Waals surface area (Å²) >= 11 is 0. The monoisotopic (exact) mass is 281 g/mol. The van der Waals surface area contributed by atoms with E-state index >= 15 is 0 Å². The number of ketones is 1. The lowest BCUT2D eigenvalue weighted by molar-refractivity contribution is -0.159. The number of hydrogen-bond acceptors (Lipinski definition) is 2. The molecule has 0 saturated carbocycles. The smallest absolute Gasteiger partial charge is 0.156 e. The molecule has 1 fully saturated rings. The maximum atomic E-state index is 13.2. The van der Waals surface area contributed by atoms with Crippen LogP contribution in [0.5, 0.6) is 0 Å². The van der Waals surface area contributed by atoms with Crippen molar-refractivity contribution in [3.8, 4) is 0 Å². The summed E-state index contributed by atoms with van der Waals surface area (Å²) in [5, 5.41) is 0. The van der Waals surface area contributed by atoms with Crippen molar-refractivity contribution in [1.29, 1.82) is 0 Å². The Kier molecular flexibility index (Phi) is 5.12. The molecule has 1 saturated heterocycles. The number of nitrogens with zero attached hydrogens (tertiary/aromatic N) is 1. The average Bonchev–Trinajstić information content (AvgIpc) is 2.40. The number of rotatable bonds is 4. The van der Waals surface area contributed by atoms with Crippen molar-refractivity contribution < 1.29 is 4.79 Å². The van der Waals surface area contributed by atoms with Gasteiger partial charge in [-0.15, -0.1) is 0 Å². The van der Waals surface area contributed by atoms with E-state index in [9.17, 15) is 4.79 Å². The van der Waals surface area contributed by atoms with Crippen LogP contribution in [0.25, 0.3) is 0 Å². The lowest BCUT2D eigenvalue weighted by Gasteiger charge is -2.59. The summed E-state index contributed by atoms with van der Waals surface area (Å²) in [6.45, 7) is 15.6. The molecule has 0 aromatic heterocycles. The van der Waals surface area contributed by atoms with Gasteiger partial charge in [-0.3, -0.25) is 9.69 Å². The molecular weight excluding hydrogens is 246 g/mol. The number of likely N-dealkylation sites (tertiary alicyclic amines) is 1. The van der Waals surface area contributed by atoms with Crippen LogP contribution in [0.2, 0.25) is 0 Å². The normalized spacial score (nSPS) is 26.8. The van der Waals surface area contributed by atoms with E-state index < -0.39 is 0 Å². The Balaban J connectivity index is 3.41. The number of carbonyl (C=O) groups is 1. The summed E-state index contributed by atoms with van der Waals surface area (Å²) in [6, 6.07) is 0. The first-order chi connectivity index (χ1) is 9.15. The third kappa shape index (κ3) is 2.45. The predicted octanol–water partition coefficient (Wildman–Crippen LogP) is 4.67. The Hall–Kier alpha value is -0.370. The predicted molar refractivity (Wildman–Crippen MR) is 87.0 cm³/mol. The van der Waals surface area contributed by atoms with Crippen molar-refractivity contribution in [2.75, 3.05) is 7.05 Å². The molecule has 1 aliphatic rings. The number of carbonyl (C=O) groups excluding carboxylic acids is 1. The summed E-state index contributed by atoms with van der Waals surface area (Å²) in [6.07, 6.45) is 5.12. The van der Waals surface area contributed by atoms with Crippen molar-refractivity contribution in [2.24, 2.45) is 11.3 Å². The van der Waals surface area contributed by atoms with Crippen LogP contribution in [-0.4, -0.2) is 28.8 Å². The van der Waals surface area contributed by atoms with Crippen LogP contribution in [0.3, 0.4) is 0 Å². The van der Waals surface area contributed by atoms with Gasteiger partial charge in [0.2, 0.25) is 0 Å². The van der Waals surface area contributed by atoms with E-state index in [1.807, 2.05) is 0 Å². The van der Waals surface area contributed by atoms with Gasteiger partial charge >= 0.3 is 0 Å². The fraction of sp³-hybridized carbons (Fsp3) is 0.944. The highest BCUT2D eigenvalue weighted by atomic mass is 16.1. The molecule has 0 bridgehead atoms. The molecule has 0 aromatic rings. The zero-order valence-corrected chi connectivity index (χ0v) is 15.0. The molecule has 118 valence electrons. The molecule has 0 amide bonds. The van der Waals surface area contributed by atoms with Crippen molar-refractivity contribution in [2.45, 2.75) is 91.6 Å². The Morgan fingerprint density at radius 1 is 1.05 bits per heavy atom. The van der Waals surface area contributed by atoms with Crippen LogP contribution >= 0.6 is 0 Å². The molecule has 0 radical (unpaired) electrons. The van der Waals surface area contributed by atoms with Crippen molar-refractivity contribution in [3.05, 3.63) is 0 Å². The second kappa shape index (κ2) is 5.79. The van der Waals surface area contributed by atoms with E-state index in [-0.39, 0.29) is 22.4 Å². The Bertz CT molecular complexity index is 345. The molecule has 2 heteroatoms. The van der Waals surface area contributed by atoms with Crippen molar-refractivity contribution in [3.63, 3.8) is 0 Å². The molecule has 0 spiro atoms. The Morgan fingerprint density at radius 2 is 1.50 bits per heavy atom. The lowest BCUT2D eigenvalue weighted by atomic mass is 9.60. The quantitative estimate of drug-likeness (QED) is 0.746. The van der Waals surface area contributed by atoms with Gasteiger partial charge in [0.05, 0.1) is 5.54 Å². The minimum Gasteiger partial charge on any atom is -0.297 e. The summed E-state index contributed by atoms with van der Waals surface area (Å²) < 4.78 is 0. The molecule has 1 unspecified atom stereocenters. The summed E-state index contributed by atoms with van der Waals surface area (Å²) in [5.74, 6) is 0.661. The van der Waals surface area contributed by atoms with Gasteiger partial charge in [0.1, 0.15) is 0 Å². The zero-order valence-electron chi connectivity index (χ0n) is 15.0. The van der Waals surface area contributed by atoms with Crippen molar-refractivity contribution in [1.82, 2.24) is 4.90 Å². The first kappa shape index (κ1) is 17.7. The van der Waals surface area contributed by atoms with Crippen LogP contribution in [0.1, 0.15) is 80.6 Å². The Labute approximate surface area is 126 Å². The van der Waals surface area contributed by atoms with E-state index in [4.69, 9.17) is 0 Å². The van der Waals surface area contributed by atoms with Gasteiger partial charge in [-0.2, -0.15) is 0 Å². The third-order valence-corrected chi connectivity index (χ3v) is 6.24. The van der Waals surface area contributed by atoms with Crippen molar-refractivity contribution >= 4 is 5.78 Å². The first-order valence-corrected chi connectivity index (χ1v) is 8.43. The SMILES string of the molecule is CCC1(CC)CC(C(C)(C)C)C(=O)C(CC)(CC)N1C. The molecule has 0 aromatic carbocycles. The van der Waals surface area contributed by atoms with Crippen LogP contribution in [0.4, 0.5) is 0 Å². The fourth-order valence-electron chi connectivity index (χ4n) is 4.34. The minimum absolute atomic E-state index is 0.0591. The molecule has 0 N–H and O–H groups in total. The van der Waals surface area contributed by atoms with E-state index in [1.165, 1.54) is 0 Å². The van der Waals surface area contributed by atoms with Gasteiger partial charge in [-0.05, 0) is 44.6 Å². The van der Waals surface area contributed by atoms with Crippen LogP contribution in [-0.2, 0) is 4.79 Å². The standard InChI is InChI=1S/C18H35NO/c1-9-17(10-2)13-14(16(5,6)7)15(20)18(11-3,12-4)19(17)8/h14H,9-13H2,1-8H3. The van der Waals surface area contributed by atoms with Crippen LogP contribution in [0, 0.1) is 11.3 Å². The number of likely N-dealkylation sites (N-methyl/N-ethyl adjacent to an activating group) is 1. The largest absolute Gasteiger partial charge is 0.297 e. The van der Waals surface area contributed by atoms with E-state index in [0.29, 0.717) is 5.78 Å². The summed E-state index contributed by atoms with van der Waals surface area (Å²) in [4.78, 5) is 15.7. The molecule has 0 aliphatic carbocycles. The second-order valence-electron chi connectivity index (χ2n) is 7.72. The number of Topliss-reactive ketones (excluding diaryl/α,β-unsaturated/α-hetero) is 1. The lowest BCUT2D eigenvalue weighted by Crippen LogP contribution is -2.69. The van der Waals surface area contributed by atoms with Gasteiger partial charge < -0.3 is 0 Å². The minimum atomic E-state index is -0.262. The fourth-order valence-corrected chi connectivity index (χ4v) is 4.34. The molecule has 20 heavy (non-hydrogen) atoms. The molecule has 1 aliphatic heterocycles. The average molecular weight is 281 g/mol. The van der Waals surface area contributed by atoms with Gasteiger partial charge in [-0.25, -0.2) is 0 Å². The molecule has 2 nitrogen and oxygen atoms in total. The van der Waals surface area contributed by atoms with Gasteiger partial charge in [0.15, 0.2) is 5.78 Å². The van der Waals surface area contributed by atoms with Gasteiger partial charge in [-0.1, -0.05) is 48.5 Å². The van der Waals surface area contributed by atoms with E-state index in [2.05, 4.69) is 60.4 Å². The molecule has 1 atom stereocenters. The van der Waals surface area contributed by atoms with Gasteiger partial charge in [0, 0.05) is 11.5 Å². The summed E-state index contributed by atoms with van der Waals surface area (Å²) in [5.41, 5.74) is -0.0242.